The van der Waals surface area contributed by atoms with Crippen LogP contribution in [0.25, 0.3) is 11.0 Å². The molecule has 0 saturated carbocycles. The van der Waals surface area contributed by atoms with Gasteiger partial charge in [-0.2, -0.15) is 0 Å². The maximum atomic E-state index is 13.8. The smallest absolute Gasteiger partial charge is 0.322 e. The fourth-order valence-corrected chi connectivity index (χ4v) is 2.75. The molecule has 6 heteroatoms. The number of benzene rings is 2. The zero-order chi connectivity index (χ0) is 18.0. The van der Waals surface area contributed by atoms with Gasteiger partial charge in [0, 0.05) is 11.9 Å². The van der Waals surface area contributed by atoms with E-state index >= 15 is 0 Å². The minimum Gasteiger partial charge on any atom is -0.459 e. The van der Waals surface area contributed by atoms with E-state index in [9.17, 15) is 13.6 Å². The van der Waals surface area contributed by atoms with Crippen LogP contribution in [0.4, 0.5) is 19.3 Å². The van der Waals surface area contributed by atoms with Crippen LogP contribution in [0.2, 0.25) is 0 Å². The average Bonchev–Trinajstić information content (AvgIpc) is 3.03. The fraction of sp³-hybridized carbons (Fsp3) is 0.211. The van der Waals surface area contributed by atoms with Crippen LogP contribution in [-0.4, -0.2) is 17.5 Å². The van der Waals surface area contributed by atoms with Crippen molar-refractivity contribution in [2.75, 3.05) is 11.9 Å². The van der Waals surface area contributed by atoms with Gasteiger partial charge in [-0.05, 0) is 38.1 Å². The second kappa shape index (κ2) is 6.93. The zero-order valence-electron chi connectivity index (χ0n) is 13.9. The van der Waals surface area contributed by atoms with E-state index in [0.717, 1.165) is 23.1 Å². The lowest BCUT2D eigenvalue weighted by atomic mass is 10.2. The van der Waals surface area contributed by atoms with Crippen molar-refractivity contribution in [3.63, 3.8) is 0 Å². The summed E-state index contributed by atoms with van der Waals surface area (Å²) in [5.41, 5.74) is 0.267. The number of hydrogen-bond donors (Lipinski definition) is 1. The van der Waals surface area contributed by atoms with E-state index in [2.05, 4.69) is 5.32 Å². The van der Waals surface area contributed by atoms with Crippen LogP contribution < -0.4 is 5.32 Å². The molecule has 4 nitrogen and oxygen atoms in total. The van der Waals surface area contributed by atoms with Crippen LogP contribution in [0.5, 0.6) is 0 Å². The van der Waals surface area contributed by atoms with E-state index in [-0.39, 0.29) is 0 Å². The van der Waals surface area contributed by atoms with Gasteiger partial charge in [-0.15, -0.1) is 0 Å². The van der Waals surface area contributed by atoms with Crippen LogP contribution in [-0.2, 0) is 0 Å². The first kappa shape index (κ1) is 17.0. The first-order valence-electron chi connectivity index (χ1n) is 8.01. The van der Waals surface area contributed by atoms with Gasteiger partial charge in [-0.25, -0.2) is 13.6 Å². The number of rotatable bonds is 4. The summed E-state index contributed by atoms with van der Waals surface area (Å²) >= 11 is 0. The molecule has 3 aromatic rings. The number of carbonyl (C=O) groups excluding carboxylic acids is 1. The Labute approximate surface area is 144 Å². The van der Waals surface area contributed by atoms with Gasteiger partial charge >= 0.3 is 6.03 Å². The number of nitrogens with zero attached hydrogens (tertiary/aromatic N) is 1. The molecule has 0 radical (unpaired) electrons. The van der Waals surface area contributed by atoms with Gasteiger partial charge in [0.25, 0.3) is 0 Å². The Morgan fingerprint density at radius 1 is 1.16 bits per heavy atom. The molecule has 0 aliphatic carbocycles. The Morgan fingerprint density at radius 3 is 2.48 bits per heavy atom. The summed E-state index contributed by atoms with van der Waals surface area (Å²) in [6, 6.07) is 11.8. The fourth-order valence-electron chi connectivity index (χ4n) is 2.75. The molecule has 1 atom stereocenters. The number of carbonyl (C=O) groups is 1. The second-order valence-corrected chi connectivity index (χ2v) is 5.68. The molecule has 0 aliphatic rings. The number of hydrogen-bond acceptors (Lipinski definition) is 2. The molecular weight excluding hydrogens is 326 g/mol. The number of fused-ring (bicyclic) bond motifs is 1. The lowest BCUT2D eigenvalue weighted by molar-refractivity contribution is 0.189. The molecule has 1 N–H and O–H groups in total. The Bertz CT molecular complexity index is 854. The van der Waals surface area contributed by atoms with Crippen molar-refractivity contribution in [2.45, 2.75) is 19.9 Å². The van der Waals surface area contributed by atoms with Crippen molar-refractivity contribution in [1.82, 2.24) is 4.90 Å². The van der Waals surface area contributed by atoms with Crippen LogP contribution in [0.1, 0.15) is 25.6 Å². The van der Waals surface area contributed by atoms with Gasteiger partial charge in [0.15, 0.2) is 0 Å². The summed E-state index contributed by atoms with van der Waals surface area (Å²) in [4.78, 5) is 14.0. The van der Waals surface area contributed by atoms with Gasteiger partial charge in [-0.1, -0.05) is 24.3 Å². The quantitative estimate of drug-likeness (QED) is 0.695. The standard InChI is InChI=1S/C19H18F2N2O2/c1-3-23(19(24)22-18-14(20)8-6-9-15(18)21)12(2)17-11-13-7-4-5-10-16(13)25-17/h4-12H,3H2,1-2H3,(H,22,24). The lowest BCUT2D eigenvalue weighted by Gasteiger charge is -2.27. The summed E-state index contributed by atoms with van der Waals surface area (Å²) in [5.74, 6) is -1.03. The zero-order valence-corrected chi connectivity index (χ0v) is 13.9. The summed E-state index contributed by atoms with van der Waals surface area (Å²) in [6.07, 6.45) is 0. The van der Waals surface area contributed by atoms with Crippen molar-refractivity contribution in [3.8, 4) is 0 Å². The van der Waals surface area contributed by atoms with Crippen molar-refractivity contribution in [3.05, 3.63) is 65.9 Å². The van der Waals surface area contributed by atoms with Crippen molar-refractivity contribution in [2.24, 2.45) is 0 Å². The predicted molar refractivity (Wildman–Crippen MR) is 92.4 cm³/mol. The van der Waals surface area contributed by atoms with E-state index in [4.69, 9.17) is 4.42 Å². The number of amides is 2. The molecular formula is C19H18F2N2O2. The maximum absolute atomic E-state index is 13.8. The minimum atomic E-state index is -0.819. The summed E-state index contributed by atoms with van der Waals surface area (Å²) in [5, 5.41) is 3.24. The number of furan rings is 1. The normalized spacial score (nSPS) is 12.2. The minimum absolute atomic E-state index is 0.347. The number of anilines is 1. The van der Waals surface area contributed by atoms with Gasteiger partial charge in [-0.3, -0.25) is 0 Å². The first-order valence-corrected chi connectivity index (χ1v) is 8.01. The van der Waals surface area contributed by atoms with E-state index in [1.807, 2.05) is 30.3 Å². The summed E-state index contributed by atoms with van der Waals surface area (Å²) < 4.78 is 33.3. The average molecular weight is 344 g/mol. The van der Waals surface area contributed by atoms with Gasteiger partial charge < -0.3 is 14.6 Å². The van der Waals surface area contributed by atoms with Gasteiger partial charge in [0.2, 0.25) is 0 Å². The van der Waals surface area contributed by atoms with Crippen LogP contribution >= 0.6 is 0 Å². The molecule has 2 amide bonds. The maximum Gasteiger partial charge on any atom is 0.322 e. The SMILES string of the molecule is CCN(C(=O)Nc1c(F)cccc1F)C(C)c1cc2ccccc2o1. The molecule has 1 unspecified atom stereocenters. The number of halogens is 2. The molecule has 1 aromatic heterocycles. The Morgan fingerprint density at radius 2 is 1.84 bits per heavy atom. The number of para-hydroxylation sites is 2. The topological polar surface area (TPSA) is 45.5 Å². The lowest BCUT2D eigenvalue weighted by Crippen LogP contribution is -2.37. The highest BCUT2D eigenvalue weighted by atomic mass is 19.1. The first-order chi connectivity index (χ1) is 12.0. The molecule has 0 spiro atoms. The van der Waals surface area contributed by atoms with Crippen LogP contribution in [0.15, 0.2) is 52.9 Å². The third-order valence-corrected chi connectivity index (χ3v) is 4.12. The van der Waals surface area contributed by atoms with Crippen LogP contribution in [0, 0.1) is 11.6 Å². The Balaban J connectivity index is 1.84. The molecule has 2 aromatic carbocycles. The van der Waals surface area contributed by atoms with Crippen molar-refractivity contribution in [1.29, 1.82) is 0 Å². The molecule has 130 valence electrons. The van der Waals surface area contributed by atoms with Crippen molar-refractivity contribution >= 4 is 22.7 Å². The summed E-state index contributed by atoms with van der Waals surface area (Å²) in [6.45, 7) is 3.94. The number of nitrogens with one attached hydrogen (secondary N) is 1. The second-order valence-electron chi connectivity index (χ2n) is 5.68. The van der Waals surface area contributed by atoms with Crippen molar-refractivity contribution < 1.29 is 18.0 Å². The predicted octanol–water partition coefficient (Wildman–Crippen LogP) is 5.33. The monoisotopic (exact) mass is 344 g/mol. The summed E-state index contributed by atoms with van der Waals surface area (Å²) in [7, 11) is 0. The highest BCUT2D eigenvalue weighted by molar-refractivity contribution is 5.90. The highest BCUT2D eigenvalue weighted by Gasteiger charge is 2.24. The Hall–Kier alpha value is -2.89. The molecule has 3 rings (SSSR count). The van der Waals surface area contributed by atoms with Gasteiger partial charge in [0.1, 0.15) is 28.7 Å². The van der Waals surface area contributed by atoms with E-state index < -0.39 is 29.4 Å². The van der Waals surface area contributed by atoms with E-state index in [1.165, 1.54) is 11.0 Å². The molecule has 25 heavy (non-hydrogen) atoms. The van der Waals surface area contributed by atoms with Gasteiger partial charge in [0.05, 0.1) is 6.04 Å². The van der Waals surface area contributed by atoms with Crippen LogP contribution in [0.3, 0.4) is 0 Å². The molecule has 0 bridgehead atoms. The highest BCUT2D eigenvalue weighted by Crippen LogP contribution is 2.28. The third-order valence-electron chi connectivity index (χ3n) is 4.12. The molecule has 0 fully saturated rings. The number of urea groups is 1. The third kappa shape index (κ3) is 3.33. The largest absolute Gasteiger partial charge is 0.459 e. The molecule has 0 saturated heterocycles. The Kier molecular flexibility index (Phi) is 4.70. The molecule has 0 aliphatic heterocycles. The van der Waals surface area contributed by atoms with E-state index in [0.29, 0.717) is 12.3 Å². The molecule has 1 heterocycles. The van der Waals surface area contributed by atoms with E-state index in [1.54, 1.807) is 13.8 Å².